The lowest BCUT2D eigenvalue weighted by molar-refractivity contribution is -0.660. The van der Waals surface area contributed by atoms with E-state index in [1.54, 1.807) is 6.07 Å². The molecule has 0 spiro atoms. The zero-order chi connectivity index (χ0) is 17.7. The lowest BCUT2D eigenvalue weighted by Gasteiger charge is -2.05. The fraction of sp³-hybridized carbons (Fsp3) is 0.143. The van der Waals surface area contributed by atoms with Gasteiger partial charge in [-0.25, -0.2) is 8.96 Å². The van der Waals surface area contributed by atoms with E-state index in [1.165, 1.54) is 11.6 Å². The Morgan fingerprint density at radius 2 is 1.88 bits per heavy atom. The standard InChI is InChI=1S/C21H16FN2O/c1-12-4-7-19(24(3)11-12)15-9-20-16(8-13(15)2)14-5-6-18(22)17(10-23)21(14)25-20/h4-9,11H,1-3H3/q+1. The largest absolute Gasteiger partial charge is 0.455 e. The molecule has 0 aliphatic heterocycles. The molecular weight excluding hydrogens is 315 g/mol. The molecule has 2 aromatic heterocycles. The molecule has 4 aromatic rings. The fourth-order valence-electron chi connectivity index (χ4n) is 3.38. The highest BCUT2D eigenvalue weighted by molar-refractivity contribution is 6.07. The topological polar surface area (TPSA) is 40.8 Å². The highest BCUT2D eigenvalue weighted by Gasteiger charge is 2.19. The monoisotopic (exact) mass is 331 g/mol. The summed E-state index contributed by atoms with van der Waals surface area (Å²) in [6.45, 7) is 4.10. The predicted octanol–water partition coefficient (Wildman–Crippen LogP) is 4.71. The van der Waals surface area contributed by atoms with Crippen molar-refractivity contribution in [1.29, 1.82) is 5.26 Å². The SMILES string of the molecule is Cc1ccc(-c2cc3oc4c(C#N)c(F)ccc4c3cc2C)[n+](C)c1. The van der Waals surface area contributed by atoms with E-state index in [0.717, 1.165) is 27.6 Å². The average Bonchev–Trinajstić information content (AvgIpc) is 2.92. The van der Waals surface area contributed by atoms with Crippen molar-refractivity contribution in [1.82, 2.24) is 0 Å². The summed E-state index contributed by atoms with van der Waals surface area (Å²) in [5, 5.41) is 10.9. The zero-order valence-electron chi connectivity index (χ0n) is 14.2. The van der Waals surface area contributed by atoms with Crippen LogP contribution < -0.4 is 4.57 Å². The van der Waals surface area contributed by atoms with Gasteiger partial charge in [0.1, 0.15) is 30.1 Å². The first-order valence-electron chi connectivity index (χ1n) is 8.01. The minimum absolute atomic E-state index is 0.0474. The molecule has 0 radical (unpaired) electrons. The number of rotatable bonds is 1. The van der Waals surface area contributed by atoms with Gasteiger partial charge in [0.25, 0.3) is 0 Å². The molecule has 4 heteroatoms. The van der Waals surface area contributed by atoms with Gasteiger partial charge in [-0.3, -0.25) is 0 Å². The quantitative estimate of drug-likeness (QED) is 0.474. The molecule has 25 heavy (non-hydrogen) atoms. The number of benzene rings is 2. The second-order valence-electron chi connectivity index (χ2n) is 6.38. The van der Waals surface area contributed by atoms with Gasteiger partial charge in [0.05, 0.1) is 5.56 Å². The summed E-state index contributed by atoms with van der Waals surface area (Å²) in [7, 11) is 2.01. The van der Waals surface area contributed by atoms with Crippen LogP contribution in [0.4, 0.5) is 4.39 Å². The smallest absolute Gasteiger partial charge is 0.212 e. The van der Waals surface area contributed by atoms with E-state index in [-0.39, 0.29) is 5.56 Å². The van der Waals surface area contributed by atoms with E-state index >= 15 is 0 Å². The van der Waals surface area contributed by atoms with Gasteiger partial charge >= 0.3 is 0 Å². The number of pyridine rings is 1. The summed E-state index contributed by atoms with van der Waals surface area (Å²) in [6, 6.07) is 13.0. The zero-order valence-corrected chi connectivity index (χ0v) is 14.2. The Hall–Kier alpha value is -3.19. The van der Waals surface area contributed by atoms with Gasteiger partial charge in [-0.15, -0.1) is 0 Å². The van der Waals surface area contributed by atoms with Crippen LogP contribution in [0.15, 0.2) is 47.0 Å². The third kappa shape index (κ3) is 2.28. The molecule has 0 N–H and O–H groups in total. The number of nitriles is 1. The number of hydrogen-bond acceptors (Lipinski definition) is 2. The van der Waals surface area contributed by atoms with Crippen LogP contribution in [0.1, 0.15) is 16.7 Å². The molecule has 0 fully saturated rings. The number of aryl methyl sites for hydroxylation is 3. The summed E-state index contributed by atoms with van der Waals surface area (Å²) in [5.74, 6) is -0.559. The van der Waals surface area contributed by atoms with Crippen LogP contribution in [0.25, 0.3) is 33.2 Å². The van der Waals surface area contributed by atoms with Crippen molar-refractivity contribution in [2.24, 2.45) is 7.05 Å². The third-order valence-corrected chi connectivity index (χ3v) is 4.60. The molecule has 0 amide bonds. The maximum atomic E-state index is 13.9. The molecular formula is C21H16FN2O+. The maximum Gasteiger partial charge on any atom is 0.212 e. The van der Waals surface area contributed by atoms with E-state index in [2.05, 4.69) is 29.8 Å². The predicted molar refractivity (Wildman–Crippen MR) is 94.5 cm³/mol. The number of furan rings is 1. The number of fused-ring (bicyclic) bond motifs is 3. The van der Waals surface area contributed by atoms with Gasteiger partial charge in [0.15, 0.2) is 11.8 Å². The van der Waals surface area contributed by atoms with Gasteiger partial charge in [-0.05, 0) is 49.7 Å². The van der Waals surface area contributed by atoms with Crippen LogP contribution in [0.2, 0.25) is 0 Å². The molecule has 122 valence electrons. The Labute approximate surface area is 144 Å². The molecule has 2 aromatic carbocycles. The second kappa shape index (κ2) is 5.42. The van der Waals surface area contributed by atoms with Gasteiger partial charge in [0, 0.05) is 22.4 Å². The Bertz CT molecular complexity index is 1200. The number of hydrogen-bond donors (Lipinski definition) is 0. The minimum Gasteiger partial charge on any atom is -0.455 e. The van der Waals surface area contributed by atoms with Crippen molar-refractivity contribution in [2.75, 3.05) is 0 Å². The van der Waals surface area contributed by atoms with E-state index in [9.17, 15) is 9.65 Å². The van der Waals surface area contributed by atoms with E-state index < -0.39 is 5.82 Å². The summed E-state index contributed by atoms with van der Waals surface area (Å²) in [6.07, 6.45) is 2.07. The lowest BCUT2D eigenvalue weighted by Crippen LogP contribution is -2.31. The first-order valence-corrected chi connectivity index (χ1v) is 8.01. The van der Waals surface area contributed by atoms with Gasteiger partial charge in [0.2, 0.25) is 5.69 Å². The minimum atomic E-state index is -0.559. The van der Waals surface area contributed by atoms with E-state index in [1.807, 2.05) is 32.2 Å². The molecule has 4 rings (SSSR count). The summed E-state index contributed by atoms with van der Waals surface area (Å²) in [4.78, 5) is 0. The van der Waals surface area contributed by atoms with Crippen molar-refractivity contribution < 1.29 is 13.4 Å². The Kier molecular flexibility index (Phi) is 3.33. The first kappa shape index (κ1) is 15.3. The molecule has 0 saturated carbocycles. The normalized spacial score (nSPS) is 11.2. The lowest BCUT2D eigenvalue weighted by atomic mass is 10.0. The van der Waals surface area contributed by atoms with Gasteiger partial charge < -0.3 is 4.42 Å². The Balaban J connectivity index is 2.05. The molecule has 3 nitrogen and oxygen atoms in total. The van der Waals surface area contributed by atoms with Crippen LogP contribution >= 0.6 is 0 Å². The molecule has 0 bridgehead atoms. The molecule has 0 unspecified atom stereocenters. The van der Waals surface area contributed by atoms with Crippen molar-refractivity contribution in [2.45, 2.75) is 13.8 Å². The molecule has 0 aliphatic rings. The van der Waals surface area contributed by atoms with Crippen LogP contribution in [0.5, 0.6) is 0 Å². The highest BCUT2D eigenvalue weighted by Crippen LogP contribution is 2.35. The third-order valence-electron chi connectivity index (χ3n) is 4.60. The first-order chi connectivity index (χ1) is 12.0. The van der Waals surface area contributed by atoms with Crippen molar-refractivity contribution in [3.8, 4) is 17.3 Å². The molecule has 2 heterocycles. The summed E-state index contributed by atoms with van der Waals surface area (Å²) < 4.78 is 21.8. The van der Waals surface area contributed by atoms with E-state index in [0.29, 0.717) is 11.2 Å². The van der Waals surface area contributed by atoms with Crippen LogP contribution in [-0.2, 0) is 7.05 Å². The van der Waals surface area contributed by atoms with Crippen molar-refractivity contribution in [3.05, 3.63) is 65.1 Å². The van der Waals surface area contributed by atoms with Crippen LogP contribution in [0, 0.1) is 31.0 Å². The summed E-state index contributed by atoms with van der Waals surface area (Å²) in [5.41, 5.74) is 5.31. The Morgan fingerprint density at radius 3 is 2.60 bits per heavy atom. The maximum absolute atomic E-state index is 13.9. The second-order valence-corrected chi connectivity index (χ2v) is 6.38. The van der Waals surface area contributed by atoms with Gasteiger partial charge in [-0.2, -0.15) is 5.26 Å². The molecule has 0 atom stereocenters. The molecule has 0 saturated heterocycles. The van der Waals surface area contributed by atoms with Crippen LogP contribution in [-0.4, -0.2) is 0 Å². The summed E-state index contributed by atoms with van der Waals surface area (Å²) >= 11 is 0. The van der Waals surface area contributed by atoms with E-state index in [4.69, 9.17) is 4.42 Å². The van der Waals surface area contributed by atoms with Gasteiger partial charge in [-0.1, -0.05) is 0 Å². The average molecular weight is 331 g/mol. The highest BCUT2D eigenvalue weighted by atomic mass is 19.1. The van der Waals surface area contributed by atoms with Crippen molar-refractivity contribution in [3.63, 3.8) is 0 Å². The number of nitrogens with zero attached hydrogens (tertiary/aromatic N) is 2. The fourth-order valence-corrected chi connectivity index (χ4v) is 3.38. The van der Waals surface area contributed by atoms with Crippen LogP contribution in [0.3, 0.4) is 0 Å². The molecule has 0 aliphatic carbocycles. The number of halogens is 1. The Morgan fingerprint density at radius 1 is 1.08 bits per heavy atom. The van der Waals surface area contributed by atoms with Crippen molar-refractivity contribution >= 4 is 21.9 Å². The number of aromatic nitrogens is 1.